The van der Waals surface area contributed by atoms with Gasteiger partial charge in [-0.15, -0.1) is 0 Å². The maximum Gasteiger partial charge on any atom is 0.302 e. The third-order valence-electron chi connectivity index (χ3n) is 9.10. The molecular formula is C23H37NO2. The van der Waals surface area contributed by atoms with Gasteiger partial charge in [0.15, 0.2) is 0 Å². The summed E-state index contributed by atoms with van der Waals surface area (Å²) in [4.78, 5) is 11.4. The lowest BCUT2D eigenvalue weighted by Gasteiger charge is -2.58. The van der Waals surface area contributed by atoms with Crippen molar-refractivity contribution in [2.24, 2.45) is 40.2 Å². The Morgan fingerprint density at radius 2 is 1.96 bits per heavy atom. The van der Waals surface area contributed by atoms with Gasteiger partial charge in [0.25, 0.3) is 0 Å². The van der Waals surface area contributed by atoms with Gasteiger partial charge in [0.05, 0.1) is 0 Å². The molecule has 0 spiro atoms. The lowest BCUT2D eigenvalue weighted by Crippen LogP contribution is -2.52. The Balaban J connectivity index is 1.58. The summed E-state index contributed by atoms with van der Waals surface area (Å²) in [6.45, 7) is 8.82. The molecule has 3 nitrogen and oxygen atoms in total. The first-order valence-corrected chi connectivity index (χ1v) is 10.9. The zero-order chi connectivity index (χ0) is 18.7. The number of carbonyl (C=O) groups excluding carboxylic acids is 1. The van der Waals surface area contributed by atoms with Crippen LogP contribution in [0.25, 0.3) is 0 Å². The molecule has 146 valence electrons. The Bertz CT molecular complexity index is 611. The first-order chi connectivity index (χ1) is 12.3. The molecule has 3 saturated carbocycles. The van der Waals surface area contributed by atoms with E-state index in [1.54, 1.807) is 5.57 Å². The van der Waals surface area contributed by atoms with Crippen LogP contribution >= 0.6 is 0 Å². The van der Waals surface area contributed by atoms with Gasteiger partial charge in [-0.05, 0) is 86.4 Å². The number of hydrogen-bond donors (Lipinski definition) is 1. The van der Waals surface area contributed by atoms with Crippen molar-refractivity contribution in [3.8, 4) is 0 Å². The van der Waals surface area contributed by atoms with E-state index in [4.69, 9.17) is 10.5 Å². The van der Waals surface area contributed by atoms with E-state index in [1.165, 1.54) is 45.4 Å². The summed E-state index contributed by atoms with van der Waals surface area (Å²) in [5, 5.41) is 0. The molecule has 2 N–H and O–H groups in total. The standard InChI is InChI=1S/C23H37NO2/c1-14(24)19-7-8-20-18-6-5-16-13-17(26-15(2)25)9-11-22(16,3)21(18)10-12-23(19,20)4/h5,14,17-21H,6-13,24H2,1-4H3/t14?,17-,18-,19+,20-,21-,22-,23+/m0/s1. The lowest BCUT2D eigenvalue weighted by molar-refractivity contribution is -0.148. The second kappa shape index (κ2) is 6.36. The van der Waals surface area contributed by atoms with Crippen LogP contribution in [0.1, 0.15) is 79.1 Å². The summed E-state index contributed by atoms with van der Waals surface area (Å²) in [7, 11) is 0. The molecule has 0 bridgehead atoms. The van der Waals surface area contributed by atoms with Crippen molar-refractivity contribution >= 4 is 5.97 Å². The van der Waals surface area contributed by atoms with Gasteiger partial charge in [-0.2, -0.15) is 0 Å². The maximum atomic E-state index is 11.4. The molecule has 4 aliphatic carbocycles. The van der Waals surface area contributed by atoms with Crippen LogP contribution in [0, 0.1) is 34.5 Å². The minimum Gasteiger partial charge on any atom is -0.462 e. The van der Waals surface area contributed by atoms with Crippen molar-refractivity contribution in [1.29, 1.82) is 0 Å². The molecule has 0 heterocycles. The van der Waals surface area contributed by atoms with Gasteiger partial charge in [0.1, 0.15) is 6.10 Å². The number of fused-ring (bicyclic) bond motifs is 5. The molecule has 0 aromatic carbocycles. The Labute approximate surface area is 159 Å². The molecule has 0 aromatic heterocycles. The Morgan fingerprint density at radius 1 is 1.19 bits per heavy atom. The molecule has 1 unspecified atom stereocenters. The van der Waals surface area contributed by atoms with E-state index in [9.17, 15) is 4.79 Å². The third kappa shape index (κ3) is 2.68. The molecule has 4 aliphatic rings. The molecule has 8 atom stereocenters. The van der Waals surface area contributed by atoms with Crippen LogP contribution in [-0.4, -0.2) is 18.1 Å². The average Bonchev–Trinajstić information content (AvgIpc) is 2.92. The van der Waals surface area contributed by atoms with Gasteiger partial charge in [-0.25, -0.2) is 0 Å². The minimum absolute atomic E-state index is 0.103. The Morgan fingerprint density at radius 3 is 2.65 bits per heavy atom. The Kier molecular flexibility index (Phi) is 4.53. The maximum absolute atomic E-state index is 11.4. The summed E-state index contributed by atoms with van der Waals surface area (Å²) >= 11 is 0. The van der Waals surface area contributed by atoms with Gasteiger partial charge in [0.2, 0.25) is 0 Å². The third-order valence-corrected chi connectivity index (χ3v) is 9.10. The van der Waals surface area contributed by atoms with Crippen molar-refractivity contribution < 1.29 is 9.53 Å². The lowest BCUT2D eigenvalue weighted by atomic mass is 9.47. The van der Waals surface area contributed by atoms with Gasteiger partial charge in [0, 0.05) is 19.4 Å². The zero-order valence-electron chi connectivity index (χ0n) is 17.1. The fourth-order valence-electron chi connectivity index (χ4n) is 7.87. The molecular weight excluding hydrogens is 322 g/mol. The van der Waals surface area contributed by atoms with Gasteiger partial charge >= 0.3 is 5.97 Å². The fourth-order valence-corrected chi connectivity index (χ4v) is 7.87. The largest absolute Gasteiger partial charge is 0.462 e. The summed E-state index contributed by atoms with van der Waals surface area (Å²) in [5.74, 6) is 3.06. The topological polar surface area (TPSA) is 52.3 Å². The average molecular weight is 360 g/mol. The number of hydrogen-bond acceptors (Lipinski definition) is 3. The molecule has 0 amide bonds. The van der Waals surface area contributed by atoms with E-state index in [-0.39, 0.29) is 12.1 Å². The summed E-state index contributed by atoms with van der Waals surface area (Å²) in [6.07, 6.45) is 12.4. The van der Waals surface area contributed by atoms with Crippen LogP contribution in [0.5, 0.6) is 0 Å². The molecule has 0 radical (unpaired) electrons. The van der Waals surface area contributed by atoms with E-state index < -0.39 is 0 Å². The van der Waals surface area contributed by atoms with Crippen LogP contribution in [-0.2, 0) is 9.53 Å². The van der Waals surface area contributed by atoms with Crippen molar-refractivity contribution in [3.63, 3.8) is 0 Å². The van der Waals surface area contributed by atoms with E-state index in [0.29, 0.717) is 22.8 Å². The summed E-state index contributed by atoms with van der Waals surface area (Å²) < 4.78 is 5.55. The quantitative estimate of drug-likeness (QED) is 0.567. The van der Waals surface area contributed by atoms with Crippen molar-refractivity contribution in [3.05, 3.63) is 11.6 Å². The second-order valence-electron chi connectivity index (χ2n) is 10.3. The zero-order valence-corrected chi connectivity index (χ0v) is 17.1. The van der Waals surface area contributed by atoms with Gasteiger partial charge < -0.3 is 10.5 Å². The van der Waals surface area contributed by atoms with E-state index in [2.05, 4.69) is 26.8 Å². The van der Waals surface area contributed by atoms with Gasteiger partial charge in [-0.1, -0.05) is 25.5 Å². The summed E-state index contributed by atoms with van der Waals surface area (Å²) in [6, 6.07) is 0.325. The van der Waals surface area contributed by atoms with Crippen LogP contribution in [0.4, 0.5) is 0 Å². The number of allylic oxidation sites excluding steroid dienone is 1. The fraction of sp³-hybridized carbons (Fsp3) is 0.870. The molecule has 0 aromatic rings. The first-order valence-electron chi connectivity index (χ1n) is 10.9. The van der Waals surface area contributed by atoms with E-state index in [0.717, 1.165) is 30.6 Å². The molecule has 0 saturated heterocycles. The van der Waals surface area contributed by atoms with Crippen LogP contribution in [0.3, 0.4) is 0 Å². The highest BCUT2D eigenvalue weighted by molar-refractivity contribution is 5.66. The molecule has 3 heteroatoms. The van der Waals surface area contributed by atoms with Crippen LogP contribution < -0.4 is 5.73 Å². The number of esters is 1. The van der Waals surface area contributed by atoms with E-state index in [1.807, 2.05) is 0 Å². The highest BCUT2D eigenvalue weighted by Gasteiger charge is 2.59. The smallest absolute Gasteiger partial charge is 0.302 e. The number of rotatable bonds is 2. The van der Waals surface area contributed by atoms with Crippen molar-refractivity contribution in [1.82, 2.24) is 0 Å². The summed E-state index contributed by atoms with van der Waals surface area (Å²) in [5.41, 5.74) is 8.75. The molecule has 0 aliphatic heterocycles. The highest BCUT2D eigenvalue weighted by atomic mass is 16.5. The predicted molar refractivity (Wildman–Crippen MR) is 104 cm³/mol. The SMILES string of the molecule is CC(=O)O[C@H]1CC[C@@]2(C)C(=CC[C@H]3[C@@H]4CC[C@H](C(C)N)[C@@]4(C)CC[C@@H]32)C1. The second-order valence-corrected chi connectivity index (χ2v) is 10.3. The minimum atomic E-state index is -0.130. The number of ether oxygens (including phenoxy) is 1. The monoisotopic (exact) mass is 359 g/mol. The number of nitrogens with two attached hydrogens (primary N) is 1. The number of carbonyl (C=O) groups is 1. The van der Waals surface area contributed by atoms with Crippen LogP contribution in [0.2, 0.25) is 0 Å². The highest BCUT2D eigenvalue weighted by Crippen LogP contribution is 2.66. The predicted octanol–water partition coefficient (Wildman–Crippen LogP) is 4.84. The van der Waals surface area contributed by atoms with E-state index >= 15 is 0 Å². The van der Waals surface area contributed by atoms with Crippen molar-refractivity contribution in [2.45, 2.75) is 91.2 Å². The molecule has 3 fully saturated rings. The molecule has 4 rings (SSSR count). The van der Waals surface area contributed by atoms with Crippen LogP contribution in [0.15, 0.2) is 11.6 Å². The van der Waals surface area contributed by atoms with Crippen molar-refractivity contribution in [2.75, 3.05) is 0 Å². The van der Waals surface area contributed by atoms with Gasteiger partial charge in [-0.3, -0.25) is 4.79 Å². The molecule has 26 heavy (non-hydrogen) atoms. The normalized spacial score (nSPS) is 48.7. The first kappa shape index (κ1) is 18.5. The Hall–Kier alpha value is -0.830.